The summed E-state index contributed by atoms with van der Waals surface area (Å²) in [5.74, 6) is 0.343. The molecular weight excluding hydrogens is 213 g/mol. The summed E-state index contributed by atoms with van der Waals surface area (Å²) in [6.45, 7) is 5.49. The van der Waals surface area contributed by atoms with Gasteiger partial charge in [-0.3, -0.25) is 0 Å². The lowest BCUT2D eigenvalue weighted by molar-refractivity contribution is 0.230. The normalized spacial score (nSPS) is 25.9. The lowest BCUT2D eigenvalue weighted by atomic mass is 9.76. The van der Waals surface area contributed by atoms with Crippen LogP contribution in [-0.4, -0.2) is 6.54 Å². The summed E-state index contributed by atoms with van der Waals surface area (Å²) in [4.78, 5) is 0. The zero-order valence-electron chi connectivity index (χ0n) is 10.8. The second kappa shape index (κ2) is 5.18. The molecule has 1 heterocycles. The van der Waals surface area contributed by atoms with E-state index < -0.39 is 0 Å². The molecule has 1 aliphatic heterocycles. The van der Waals surface area contributed by atoms with Gasteiger partial charge in [-0.25, -0.2) is 4.39 Å². The van der Waals surface area contributed by atoms with Crippen molar-refractivity contribution in [1.29, 1.82) is 0 Å². The van der Waals surface area contributed by atoms with Gasteiger partial charge >= 0.3 is 0 Å². The SMILES string of the molecule is CC(C)C1(c2cccc(F)c2)CCCCCN1. The second-order valence-corrected chi connectivity index (χ2v) is 5.37. The molecule has 17 heavy (non-hydrogen) atoms. The maximum absolute atomic E-state index is 13.4. The summed E-state index contributed by atoms with van der Waals surface area (Å²) in [5.41, 5.74) is 1.06. The molecule has 0 aromatic heterocycles. The largest absolute Gasteiger partial charge is 0.307 e. The summed E-state index contributed by atoms with van der Waals surface area (Å²) in [7, 11) is 0. The molecule has 1 aromatic rings. The topological polar surface area (TPSA) is 12.0 Å². The van der Waals surface area contributed by atoms with Gasteiger partial charge in [0, 0.05) is 5.54 Å². The van der Waals surface area contributed by atoms with Crippen LogP contribution < -0.4 is 5.32 Å². The third-order valence-corrected chi connectivity index (χ3v) is 4.01. The summed E-state index contributed by atoms with van der Waals surface area (Å²) >= 11 is 0. The Morgan fingerprint density at radius 3 is 2.76 bits per heavy atom. The van der Waals surface area contributed by atoms with Crippen molar-refractivity contribution in [2.24, 2.45) is 5.92 Å². The average Bonchev–Trinajstić information content (AvgIpc) is 2.55. The van der Waals surface area contributed by atoms with Crippen LogP contribution in [0.25, 0.3) is 0 Å². The molecule has 0 saturated carbocycles. The van der Waals surface area contributed by atoms with E-state index in [0.717, 1.165) is 18.5 Å². The summed E-state index contributed by atoms with van der Waals surface area (Å²) in [5, 5.41) is 3.67. The van der Waals surface area contributed by atoms with Gasteiger partial charge in [-0.1, -0.05) is 38.8 Å². The molecule has 1 aliphatic rings. The van der Waals surface area contributed by atoms with Gasteiger partial charge in [-0.15, -0.1) is 0 Å². The van der Waals surface area contributed by atoms with Crippen LogP contribution in [0.2, 0.25) is 0 Å². The molecule has 1 unspecified atom stereocenters. The number of rotatable bonds is 2. The zero-order valence-corrected chi connectivity index (χ0v) is 10.8. The molecule has 2 heteroatoms. The van der Waals surface area contributed by atoms with Gasteiger partial charge in [0.05, 0.1) is 0 Å². The maximum Gasteiger partial charge on any atom is 0.123 e. The fourth-order valence-electron chi connectivity index (χ4n) is 2.94. The Hall–Kier alpha value is -0.890. The van der Waals surface area contributed by atoms with Crippen molar-refractivity contribution in [3.63, 3.8) is 0 Å². The van der Waals surface area contributed by atoms with Gasteiger partial charge in [0.1, 0.15) is 5.82 Å². The summed E-state index contributed by atoms with van der Waals surface area (Å²) in [6, 6.07) is 7.09. The first-order valence-electron chi connectivity index (χ1n) is 6.66. The highest BCUT2D eigenvalue weighted by atomic mass is 19.1. The third kappa shape index (κ3) is 2.52. The smallest absolute Gasteiger partial charge is 0.123 e. The predicted octanol–water partition coefficient (Wildman–Crippen LogP) is 3.84. The molecule has 0 amide bonds. The maximum atomic E-state index is 13.4. The molecule has 0 radical (unpaired) electrons. The van der Waals surface area contributed by atoms with Gasteiger partial charge in [-0.2, -0.15) is 0 Å². The molecular formula is C15H22FN. The van der Waals surface area contributed by atoms with Crippen molar-refractivity contribution in [3.05, 3.63) is 35.6 Å². The molecule has 2 rings (SSSR count). The van der Waals surface area contributed by atoms with Crippen LogP contribution in [-0.2, 0) is 5.54 Å². The Morgan fingerprint density at radius 1 is 1.24 bits per heavy atom. The number of hydrogen-bond donors (Lipinski definition) is 1. The summed E-state index contributed by atoms with van der Waals surface area (Å²) < 4.78 is 13.4. The lowest BCUT2D eigenvalue weighted by Gasteiger charge is -2.38. The monoisotopic (exact) mass is 235 g/mol. The number of benzene rings is 1. The summed E-state index contributed by atoms with van der Waals surface area (Å²) in [6.07, 6.45) is 4.83. The Kier molecular flexibility index (Phi) is 3.82. The highest BCUT2D eigenvalue weighted by molar-refractivity contribution is 5.26. The van der Waals surface area contributed by atoms with Crippen LogP contribution in [0.1, 0.15) is 45.1 Å². The lowest BCUT2D eigenvalue weighted by Crippen LogP contribution is -2.46. The molecule has 0 spiro atoms. The van der Waals surface area contributed by atoms with Crippen molar-refractivity contribution in [3.8, 4) is 0 Å². The molecule has 0 bridgehead atoms. The van der Waals surface area contributed by atoms with E-state index in [0.29, 0.717) is 5.92 Å². The molecule has 1 N–H and O–H groups in total. The minimum Gasteiger partial charge on any atom is -0.307 e. The average molecular weight is 235 g/mol. The number of hydrogen-bond acceptors (Lipinski definition) is 1. The van der Waals surface area contributed by atoms with E-state index in [1.165, 1.54) is 25.3 Å². The van der Waals surface area contributed by atoms with E-state index in [1.807, 2.05) is 6.07 Å². The Bertz CT molecular complexity index is 365. The minimum atomic E-state index is -0.131. The molecule has 1 aromatic carbocycles. The first-order chi connectivity index (χ1) is 8.15. The van der Waals surface area contributed by atoms with E-state index in [2.05, 4.69) is 25.2 Å². The van der Waals surface area contributed by atoms with Crippen LogP contribution in [0.3, 0.4) is 0 Å². The van der Waals surface area contributed by atoms with E-state index >= 15 is 0 Å². The molecule has 1 fully saturated rings. The fourth-order valence-corrected chi connectivity index (χ4v) is 2.94. The van der Waals surface area contributed by atoms with E-state index in [9.17, 15) is 4.39 Å². The van der Waals surface area contributed by atoms with Crippen LogP contribution in [0.4, 0.5) is 4.39 Å². The molecule has 0 aliphatic carbocycles. The molecule has 1 nitrogen and oxygen atoms in total. The van der Waals surface area contributed by atoms with Crippen molar-refractivity contribution in [1.82, 2.24) is 5.32 Å². The van der Waals surface area contributed by atoms with Crippen molar-refractivity contribution < 1.29 is 4.39 Å². The molecule has 1 atom stereocenters. The van der Waals surface area contributed by atoms with Crippen molar-refractivity contribution >= 4 is 0 Å². The van der Waals surface area contributed by atoms with E-state index in [4.69, 9.17) is 0 Å². The Morgan fingerprint density at radius 2 is 2.06 bits per heavy atom. The minimum absolute atomic E-state index is 0.0431. The Labute approximate surface area is 103 Å². The van der Waals surface area contributed by atoms with Crippen molar-refractivity contribution in [2.45, 2.75) is 45.1 Å². The number of nitrogens with one attached hydrogen (secondary N) is 1. The van der Waals surface area contributed by atoms with Gasteiger partial charge in [0.15, 0.2) is 0 Å². The van der Waals surface area contributed by atoms with Crippen LogP contribution in [0.15, 0.2) is 24.3 Å². The van der Waals surface area contributed by atoms with Gasteiger partial charge < -0.3 is 5.32 Å². The fraction of sp³-hybridized carbons (Fsp3) is 0.600. The van der Waals surface area contributed by atoms with Crippen LogP contribution in [0.5, 0.6) is 0 Å². The quantitative estimate of drug-likeness (QED) is 0.821. The van der Waals surface area contributed by atoms with E-state index in [1.54, 1.807) is 6.07 Å². The predicted molar refractivity (Wildman–Crippen MR) is 69.4 cm³/mol. The molecule has 1 saturated heterocycles. The van der Waals surface area contributed by atoms with Crippen LogP contribution >= 0.6 is 0 Å². The van der Waals surface area contributed by atoms with Gasteiger partial charge in [-0.05, 0) is 43.0 Å². The Balaban J connectivity index is 2.39. The highest BCUT2D eigenvalue weighted by Gasteiger charge is 2.35. The standard InChI is InChI=1S/C15H22FN/c1-12(2)15(9-4-3-5-10-17-15)13-7-6-8-14(16)11-13/h6-8,11-12,17H,3-5,9-10H2,1-2H3. The van der Waals surface area contributed by atoms with E-state index in [-0.39, 0.29) is 11.4 Å². The molecule has 94 valence electrons. The van der Waals surface area contributed by atoms with Gasteiger partial charge in [0.25, 0.3) is 0 Å². The third-order valence-electron chi connectivity index (χ3n) is 4.01. The van der Waals surface area contributed by atoms with Crippen molar-refractivity contribution in [2.75, 3.05) is 6.54 Å². The zero-order chi connectivity index (χ0) is 12.3. The second-order valence-electron chi connectivity index (χ2n) is 5.37. The number of halogens is 1. The van der Waals surface area contributed by atoms with Gasteiger partial charge in [0.2, 0.25) is 0 Å². The first kappa shape index (κ1) is 12.6. The first-order valence-corrected chi connectivity index (χ1v) is 6.66. The highest BCUT2D eigenvalue weighted by Crippen LogP contribution is 2.36. The van der Waals surface area contributed by atoms with Crippen LogP contribution in [0, 0.1) is 11.7 Å².